The van der Waals surface area contributed by atoms with E-state index in [4.69, 9.17) is 11.6 Å². The molecule has 1 aromatic heterocycles. The Bertz CT molecular complexity index is 1420. The first-order valence-electron chi connectivity index (χ1n) is 11.5. The Labute approximate surface area is 213 Å². The van der Waals surface area contributed by atoms with Crippen molar-refractivity contribution in [1.29, 1.82) is 0 Å². The molecular formula is C29H24ClFN4O. The number of aliphatic hydroxyl groups is 1. The molecule has 0 amide bonds. The molecule has 0 radical (unpaired) electrons. The van der Waals surface area contributed by atoms with Crippen LogP contribution in [0.4, 0.5) is 10.1 Å². The van der Waals surface area contributed by atoms with Crippen LogP contribution < -0.4 is 5.32 Å². The summed E-state index contributed by atoms with van der Waals surface area (Å²) in [5.41, 5.74) is 2.75. The molecule has 2 N–H and O–H groups in total. The molecule has 1 unspecified atom stereocenters. The lowest BCUT2D eigenvalue weighted by Gasteiger charge is -2.29. The topological polar surface area (TPSA) is 63.0 Å². The molecule has 0 aliphatic carbocycles. The first-order valence-corrected chi connectivity index (χ1v) is 11.9. The SMILES string of the molecule is OC(CNc1ccc(F)cc1)(c1ccc(Cl)cc1)c1nnn(Cc2ccccc2)c1-c1ccccc1. The van der Waals surface area contributed by atoms with Gasteiger partial charge in [0, 0.05) is 16.3 Å². The van der Waals surface area contributed by atoms with Crippen LogP contribution in [0.3, 0.4) is 0 Å². The van der Waals surface area contributed by atoms with Crippen molar-refractivity contribution in [2.75, 3.05) is 11.9 Å². The van der Waals surface area contributed by atoms with E-state index in [1.807, 2.05) is 60.7 Å². The van der Waals surface area contributed by atoms with E-state index in [2.05, 4.69) is 15.6 Å². The number of aromatic nitrogens is 3. The Balaban J connectivity index is 1.63. The van der Waals surface area contributed by atoms with Gasteiger partial charge in [0.05, 0.1) is 18.8 Å². The van der Waals surface area contributed by atoms with Gasteiger partial charge in [-0.25, -0.2) is 9.07 Å². The smallest absolute Gasteiger partial charge is 0.153 e. The van der Waals surface area contributed by atoms with Gasteiger partial charge in [-0.2, -0.15) is 0 Å². The number of hydrogen-bond donors (Lipinski definition) is 2. The fraction of sp³-hybridized carbons (Fsp3) is 0.103. The fourth-order valence-corrected chi connectivity index (χ4v) is 4.31. The summed E-state index contributed by atoms with van der Waals surface area (Å²) < 4.78 is 15.2. The number of nitrogens with one attached hydrogen (secondary N) is 1. The van der Waals surface area contributed by atoms with Crippen molar-refractivity contribution in [3.63, 3.8) is 0 Å². The van der Waals surface area contributed by atoms with E-state index in [0.29, 0.717) is 34.2 Å². The van der Waals surface area contributed by atoms with Crippen molar-refractivity contribution in [3.8, 4) is 11.3 Å². The average molecular weight is 499 g/mol. The van der Waals surface area contributed by atoms with E-state index in [1.165, 1.54) is 12.1 Å². The van der Waals surface area contributed by atoms with Crippen molar-refractivity contribution in [1.82, 2.24) is 15.0 Å². The molecule has 0 saturated heterocycles. The molecule has 1 atom stereocenters. The number of anilines is 1. The Kier molecular flexibility index (Phi) is 6.80. The van der Waals surface area contributed by atoms with E-state index < -0.39 is 5.60 Å². The van der Waals surface area contributed by atoms with Crippen LogP contribution >= 0.6 is 11.6 Å². The van der Waals surface area contributed by atoms with Gasteiger partial charge in [0.2, 0.25) is 0 Å². The van der Waals surface area contributed by atoms with Crippen LogP contribution in [0.5, 0.6) is 0 Å². The number of benzene rings is 4. The number of halogens is 2. The van der Waals surface area contributed by atoms with Crippen LogP contribution in [0, 0.1) is 5.82 Å². The molecule has 0 saturated carbocycles. The lowest BCUT2D eigenvalue weighted by molar-refractivity contribution is 0.0907. The second-order valence-electron chi connectivity index (χ2n) is 8.52. The van der Waals surface area contributed by atoms with Crippen LogP contribution in [-0.2, 0) is 12.1 Å². The van der Waals surface area contributed by atoms with Crippen molar-refractivity contribution < 1.29 is 9.50 Å². The Morgan fingerprint density at radius 2 is 1.47 bits per heavy atom. The summed E-state index contributed by atoms with van der Waals surface area (Å²) >= 11 is 6.15. The van der Waals surface area contributed by atoms with Crippen LogP contribution in [0.15, 0.2) is 109 Å². The summed E-state index contributed by atoms with van der Waals surface area (Å²) in [5, 5.41) is 25.1. The Morgan fingerprint density at radius 1 is 0.833 bits per heavy atom. The second-order valence-corrected chi connectivity index (χ2v) is 8.96. The minimum Gasteiger partial charge on any atom is -0.381 e. The van der Waals surface area contributed by atoms with Gasteiger partial charge in [0.15, 0.2) is 5.60 Å². The molecule has 1 heterocycles. The van der Waals surface area contributed by atoms with Crippen molar-refractivity contribution in [3.05, 3.63) is 137 Å². The van der Waals surface area contributed by atoms with Gasteiger partial charge < -0.3 is 10.4 Å². The molecule has 0 bridgehead atoms. The zero-order valence-corrected chi connectivity index (χ0v) is 20.1. The summed E-state index contributed by atoms with van der Waals surface area (Å²) in [4.78, 5) is 0. The molecule has 0 aliphatic rings. The molecular weight excluding hydrogens is 475 g/mol. The minimum absolute atomic E-state index is 0.0735. The predicted octanol–water partition coefficient (Wildman–Crippen LogP) is 6.13. The standard InChI is InChI=1S/C29H24ClFN4O/c30-24-13-11-23(12-14-24)29(36,20-32-26-17-15-25(31)16-18-26)28-27(22-9-5-2-6-10-22)35(34-33-28)19-21-7-3-1-4-8-21/h1-18,32,36H,19-20H2. The minimum atomic E-state index is -1.57. The second kappa shape index (κ2) is 10.3. The summed E-state index contributed by atoms with van der Waals surface area (Å²) in [6, 6.07) is 32.8. The van der Waals surface area contributed by atoms with E-state index in [1.54, 1.807) is 41.1 Å². The van der Waals surface area contributed by atoms with Crippen LogP contribution in [0.2, 0.25) is 5.02 Å². The van der Waals surface area contributed by atoms with E-state index in [-0.39, 0.29) is 12.4 Å². The third kappa shape index (κ3) is 5.00. The summed E-state index contributed by atoms with van der Waals surface area (Å²) in [6.45, 7) is 0.560. The monoisotopic (exact) mass is 498 g/mol. The maximum absolute atomic E-state index is 13.4. The van der Waals surface area contributed by atoms with Gasteiger partial charge in [-0.3, -0.25) is 0 Å². The highest BCUT2D eigenvalue weighted by Gasteiger charge is 2.38. The number of nitrogens with zero attached hydrogens (tertiary/aromatic N) is 3. The molecule has 5 aromatic rings. The van der Waals surface area contributed by atoms with Gasteiger partial charge in [-0.15, -0.1) is 5.10 Å². The average Bonchev–Trinajstić information content (AvgIpc) is 3.34. The maximum Gasteiger partial charge on any atom is 0.153 e. The van der Waals surface area contributed by atoms with Gasteiger partial charge in [-0.05, 0) is 47.5 Å². The summed E-state index contributed by atoms with van der Waals surface area (Å²) in [7, 11) is 0. The molecule has 0 spiro atoms. The van der Waals surface area contributed by atoms with Crippen LogP contribution in [0.1, 0.15) is 16.8 Å². The van der Waals surface area contributed by atoms with Gasteiger partial charge in [-0.1, -0.05) is 89.6 Å². The first-order chi connectivity index (χ1) is 17.5. The highest BCUT2D eigenvalue weighted by atomic mass is 35.5. The zero-order chi connectivity index (χ0) is 25.0. The normalized spacial score (nSPS) is 12.8. The molecule has 0 fully saturated rings. The summed E-state index contributed by atoms with van der Waals surface area (Å²) in [5.74, 6) is -0.330. The highest BCUT2D eigenvalue weighted by molar-refractivity contribution is 6.30. The Hall–Kier alpha value is -4.00. The molecule has 7 heteroatoms. The van der Waals surface area contributed by atoms with Gasteiger partial charge >= 0.3 is 0 Å². The lowest BCUT2D eigenvalue weighted by Crippen LogP contribution is -2.36. The molecule has 0 aliphatic heterocycles. The van der Waals surface area contributed by atoms with Crippen molar-refractivity contribution in [2.45, 2.75) is 12.1 Å². The van der Waals surface area contributed by atoms with E-state index in [0.717, 1.165) is 11.1 Å². The van der Waals surface area contributed by atoms with Gasteiger partial charge in [0.25, 0.3) is 0 Å². The molecule has 5 rings (SSSR count). The number of hydrogen-bond acceptors (Lipinski definition) is 4. The largest absolute Gasteiger partial charge is 0.381 e. The van der Waals surface area contributed by atoms with Crippen LogP contribution in [0.25, 0.3) is 11.3 Å². The quantitative estimate of drug-likeness (QED) is 0.270. The Morgan fingerprint density at radius 3 is 2.14 bits per heavy atom. The van der Waals surface area contributed by atoms with E-state index >= 15 is 0 Å². The maximum atomic E-state index is 13.4. The van der Waals surface area contributed by atoms with Gasteiger partial charge in [0.1, 0.15) is 11.5 Å². The molecule has 5 nitrogen and oxygen atoms in total. The van der Waals surface area contributed by atoms with Crippen molar-refractivity contribution in [2.24, 2.45) is 0 Å². The van der Waals surface area contributed by atoms with Crippen LogP contribution in [-0.4, -0.2) is 26.6 Å². The first kappa shape index (κ1) is 23.7. The highest BCUT2D eigenvalue weighted by Crippen LogP contribution is 2.36. The molecule has 36 heavy (non-hydrogen) atoms. The molecule has 4 aromatic carbocycles. The number of rotatable bonds is 8. The predicted molar refractivity (Wildman–Crippen MR) is 140 cm³/mol. The lowest BCUT2D eigenvalue weighted by atomic mass is 9.87. The van der Waals surface area contributed by atoms with E-state index in [9.17, 15) is 9.50 Å². The zero-order valence-electron chi connectivity index (χ0n) is 19.4. The fourth-order valence-electron chi connectivity index (χ4n) is 4.19. The van der Waals surface area contributed by atoms with Crippen molar-refractivity contribution >= 4 is 17.3 Å². The molecule has 180 valence electrons. The summed E-state index contributed by atoms with van der Waals surface area (Å²) in [6.07, 6.45) is 0. The third-order valence-electron chi connectivity index (χ3n) is 6.06. The third-order valence-corrected chi connectivity index (χ3v) is 6.32.